The van der Waals surface area contributed by atoms with Crippen LogP contribution in [-0.2, 0) is 14.6 Å². The molecule has 0 spiro atoms. The van der Waals surface area contributed by atoms with Gasteiger partial charge in [0.25, 0.3) is 0 Å². The highest BCUT2D eigenvalue weighted by Crippen LogP contribution is 2.16. The summed E-state index contributed by atoms with van der Waals surface area (Å²) < 4.78 is 22.2. The molecular weight excluding hydrogens is 206 g/mol. The van der Waals surface area contributed by atoms with Crippen LogP contribution in [0, 0.1) is 0 Å². The van der Waals surface area contributed by atoms with Gasteiger partial charge < -0.3 is 10.8 Å². The molecule has 0 aliphatic carbocycles. The summed E-state index contributed by atoms with van der Waals surface area (Å²) in [5.41, 5.74) is 5.20. The minimum absolute atomic E-state index is 0.0467. The first-order valence-corrected chi connectivity index (χ1v) is 5.94. The Labute approximate surface area is 84.2 Å². The maximum absolute atomic E-state index is 11.5. The van der Waals surface area contributed by atoms with Gasteiger partial charge >= 0.3 is 5.97 Å². The molecule has 84 valence electrons. The lowest BCUT2D eigenvalue weighted by Crippen LogP contribution is -2.36. The number of nitrogens with two attached hydrogens (primary N) is 1. The van der Waals surface area contributed by atoms with Gasteiger partial charge in [-0.2, -0.15) is 0 Å². The first kappa shape index (κ1) is 13.4. The van der Waals surface area contributed by atoms with Crippen LogP contribution >= 0.6 is 0 Å². The molecule has 0 heterocycles. The molecule has 0 fully saturated rings. The third kappa shape index (κ3) is 3.63. The number of carboxylic acid groups (broad SMARTS) is 1. The van der Waals surface area contributed by atoms with Gasteiger partial charge in [-0.05, 0) is 27.2 Å². The summed E-state index contributed by atoms with van der Waals surface area (Å²) in [5.74, 6) is -1.36. The molecular formula is C8H17NO4S. The number of sulfone groups is 1. The molecule has 0 radical (unpaired) electrons. The fraction of sp³-hybridized carbons (Fsp3) is 0.875. The molecule has 0 aliphatic heterocycles. The molecule has 0 aromatic heterocycles. The van der Waals surface area contributed by atoms with Crippen molar-refractivity contribution >= 4 is 15.8 Å². The predicted molar refractivity (Wildman–Crippen MR) is 53.8 cm³/mol. The third-order valence-electron chi connectivity index (χ3n) is 1.95. The number of rotatable bonds is 4. The maximum Gasteiger partial charge on any atom is 0.320 e. The Morgan fingerprint density at radius 2 is 1.86 bits per heavy atom. The smallest absolute Gasteiger partial charge is 0.320 e. The molecule has 0 aliphatic rings. The summed E-state index contributed by atoms with van der Waals surface area (Å²) >= 11 is 0. The molecule has 14 heavy (non-hydrogen) atoms. The van der Waals surface area contributed by atoms with Gasteiger partial charge in [-0.1, -0.05) is 0 Å². The zero-order chi connectivity index (χ0) is 11.6. The molecule has 6 heteroatoms. The van der Waals surface area contributed by atoms with Crippen molar-refractivity contribution in [3.8, 4) is 0 Å². The molecule has 0 bridgehead atoms. The Balaban J connectivity index is 4.36. The van der Waals surface area contributed by atoms with Gasteiger partial charge in [-0.25, -0.2) is 8.42 Å². The van der Waals surface area contributed by atoms with Crippen molar-refractivity contribution in [2.24, 2.45) is 5.73 Å². The Kier molecular flexibility index (Phi) is 4.08. The standard InChI is InChI=1S/C8H17NO4S/c1-8(2,3)14(12,13)5-4-6(9)7(10)11/h6H,4-5,9H2,1-3H3,(H,10,11). The van der Waals surface area contributed by atoms with Gasteiger partial charge in [-0.15, -0.1) is 0 Å². The lowest BCUT2D eigenvalue weighted by Gasteiger charge is -2.19. The van der Waals surface area contributed by atoms with E-state index in [-0.39, 0.29) is 12.2 Å². The molecule has 0 saturated heterocycles. The van der Waals surface area contributed by atoms with Gasteiger partial charge in [0.05, 0.1) is 10.5 Å². The topological polar surface area (TPSA) is 97.5 Å². The lowest BCUT2D eigenvalue weighted by atomic mass is 10.2. The van der Waals surface area contributed by atoms with Crippen LogP contribution in [0.15, 0.2) is 0 Å². The normalized spacial score (nSPS) is 15.1. The van der Waals surface area contributed by atoms with E-state index in [9.17, 15) is 13.2 Å². The number of hydrogen-bond donors (Lipinski definition) is 2. The fourth-order valence-electron chi connectivity index (χ4n) is 0.712. The number of carbonyl (C=O) groups is 1. The largest absolute Gasteiger partial charge is 0.480 e. The van der Waals surface area contributed by atoms with Crippen LogP contribution in [-0.4, -0.2) is 36.0 Å². The molecule has 5 nitrogen and oxygen atoms in total. The van der Waals surface area contributed by atoms with E-state index in [1.165, 1.54) is 0 Å². The molecule has 0 rings (SSSR count). The first-order valence-electron chi connectivity index (χ1n) is 4.28. The van der Waals surface area contributed by atoms with Crippen molar-refractivity contribution in [1.82, 2.24) is 0 Å². The summed E-state index contributed by atoms with van der Waals surface area (Å²) in [6, 6.07) is -1.10. The van der Waals surface area contributed by atoms with E-state index in [4.69, 9.17) is 10.8 Å². The molecule has 0 aromatic rings. The minimum atomic E-state index is -3.27. The van der Waals surface area contributed by atoms with Crippen LogP contribution in [0.25, 0.3) is 0 Å². The maximum atomic E-state index is 11.5. The summed E-state index contributed by atoms with van der Waals surface area (Å²) in [7, 11) is -3.27. The zero-order valence-corrected chi connectivity index (χ0v) is 9.47. The molecule has 0 aromatic carbocycles. The van der Waals surface area contributed by atoms with Gasteiger partial charge in [-0.3, -0.25) is 4.79 Å². The Morgan fingerprint density at radius 1 is 1.43 bits per heavy atom. The fourth-order valence-corrected chi connectivity index (χ4v) is 1.89. The first-order chi connectivity index (χ1) is 6.08. The Bertz CT molecular complexity index is 302. The van der Waals surface area contributed by atoms with Crippen molar-refractivity contribution in [3.63, 3.8) is 0 Å². The highest BCUT2D eigenvalue weighted by molar-refractivity contribution is 7.92. The van der Waals surface area contributed by atoms with E-state index in [0.29, 0.717) is 0 Å². The second-order valence-corrected chi connectivity index (χ2v) is 7.03. The van der Waals surface area contributed by atoms with Gasteiger partial charge in [0, 0.05) is 0 Å². The number of aliphatic carboxylic acids is 1. The van der Waals surface area contributed by atoms with Crippen molar-refractivity contribution in [2.75, 3.05) is 5.75 Å². The van der Waals surface area contributed by atoms with Crippen LogP contribution in [0.2, 0.25) is 0 Å². The molecule has 3 N–H and O–H groups in total. The predicted octanol–water partition coefficient (Wildman–Crippen LogP) is 0.00170. The van der Waals surface area contributed by atoms with Crippen LogP contribution < -0.4 is 5.73 Å². The monoisotopic (exact) mass is 223 g/mol. The SMILES string of the molecule is CC(C)(C)S(=O)(=O)CCC(N)C(=O)O. The number of hydrogen-bond acceptors (Lipinski definition) is 4. The second kappa shape index (κ2) is 4.27. The van der Waals surface area contributed by atoms with E-state index >= 15 is 0 Å². The minimum Gasteiger partial charge on any atom is -0.480 e. The van der Waals surface area contributed by atoms with Crippen molar-refractivity contribution in [2.45, 2.75) is 38.0 Å². The van der Waals surface area contributed by atoms with E-state index in [1.807, 2.05) is 0 Å². The Hall–Kier alpha value is -0.620. The summed E-state index contributed by atoms with van der Waals surface area (Å²) in [5, 5.41) is 8.46. The van der Waals surface area contributed by atoms with E-state index in [1.54, 1.807) is 20.8 Å². The summed E-state index contributed by atoms with van der Waals surface area (Å²) in [6.07, 6.45) is -0.0467. The number of carboxylic acids is 1. The van der Waals surface area contributed by atoms with Crippen LogP contribution in [0.3, 0.4) is 0 Å². The highest BCUT2D eigenvalue weighted by atomic mass is 32.2. The Morgan fingerprint density at radius 3 is 2.14 bits per heavy atom. The van der Waals surface area contributed by atoms with Crippen molar-refractivity contribution in [1.29, 1.82) is 0 Å². The summed E-state index contributed by atoms with van der Waals surface area (Å²) in [6.45, 7) is 4.73. The molecule has 1 unspecified atom stereocenters. The van der Waals surface area contributed by atoms with Crippen LogP contribution in [0.5, 0.6) is 0 Å². The average molecular weight is 223 g/mol. The second-order valence-electron chi connectivity index (χ2n) is 4.16. The van der Waals surface area contributed by atoms with E-state index in [2.05, 4.69) is 0 Å². The van der Waals surface area contributed by atoms with Gasteiger partial charge in [0.15, 0.2) is 9.84 Å². The molecule has 1 atom stereocenters. The zero-order valence-electron chi connectivity index (χ0n) is 8.65. The third-order valence-corrected chi connectivity index (χ3v) is 4.59. The van der Waals surface area contributed by atoms with E-state index < -0.39 is 26.6 Å². The molecule has 0 saturated carbocycles. The average Bonchev–Trinajstić information content (AvgIpc) is 1.97. The van der Waals surface area contributed by atoms with Gasteiger partial charge in [0.1, 0.15) is 6.04 Å². The quantitative estimate of drug-likeness (QED) is 0.699. The lowest BCUT2D eigenvalue weighted by molar-refractivity contribution is -0.138. The van der Waals surface area contributed by atoms with Crippen LogP contribution in [0.4, 0.5) is 0 Å². The van der Waals surface area contributed by atoms with Crippen molar-refractivity contribution in [3.05, 3.63) is 0 Å². The summed E-state index contributed by atoms with van der Waals surface area (Å²) in [4.78, 5) is 10.3. The van der Waals surface area contributed by atoms with E-state index in [0.717, 1.165) is 0 Å². The molecule has 0 amide bonds. The van der Waals surface area contributed by atoms with Crippen LogP contribution in [0.1, 0.15) is 27.2 Å². The van der Waals surface area contributed by atoms with Gasteiger partial charge in [0.2, 0.25) is 0 Å². The van der Waals surface area contributed by atoms with Crippen molar-refractivity contribution < 1.29 is 18.3 Å². The highest BCUT2D eigenvalue weighted by Gasteiger charge is 2.29.